The minimum absolute atomic E-state index is 0.649. The van der Waals surface area contributed by atoms with Crippen LogP contribution < -0.4 is 5.32 Å². The highest BCUT2D eigenvalue weighted by molar-refractivity contribution is 7.09. The van der Waals surface area contributed by atoms with Gasteiger partial charge in [0.2, 0.25) is 0 Å². The lowest BCUT2D eigenvalue weighted by Gasteiger charge is -2.08. The van der Waals surface area contributed by atoms with Crippen LogP contribution in [-0.2, 0) is 13.1 Å². The summed E-state index contributed by atoms with van der Waals surface area (Å²) in [5, 5.41) is 10.2. The first-order valence-electron chi connectivity index (χ1n) is 6.69. The fourth-order valence-corrected chi connectivity index (χ4v) is 3.25. The molecule has 0 radical (unpaired) electrons. The molecule has 4 heteroatoms. The molecule has 3 nitrogen and oxygen atoms in total. The number of rotatable bonds is 5. The molecule has 0 amide bonds. The molecule has 0 saturated heterocycles. The van der Waals surface area contributed by atoms with Gasteiger partial charge >= 0.3 is 0 Å². The van der Waals surface area contributed by atoms with E-state index in [2.05, 4.69) is 44.9 Å². The van der Waals surface area contributed by atoms with Gasteiger partial charge in [-0.15, -0.1) is 11.3 Å². The second-order valence-corrected chi connectivity index (χ2v) is 5.94. The van der Waals surface area contributed by atoms with Gasteiger partial charge in [0.1, 0.15) is 0 Å². The summed E-state index contributed by atoms with van der Waals surface area (Å²) in [7, 11) is 0. The molecule has 0 aromatic carbocycles. The van der Waals surface area contributed by atoms with Crippen molar-refractivity contribution in [2.24, 2.45) is 0 Å². The molecule has 96 valence electrons. The maximum absolute atomic E-state index is 4.67. The average molecular weight is 261 g/mol. The van der Waals surface area contributed by atoms with Crippen molar-refractivity contribution in [2.75, 3.05) is 0 Å². The Morgan fingerprint density at radius 2 is 2.17 bits per heavy atom. The SMILES string of the molecule is c1csc(CNCc2ccn(C3CCCC3)n2)c1. The molecule has 18 heavy (non-hydrogen) atoms. The first-order valence-corrected chi connectivity index (χ1v) is 7.57. The number of hydrogen-bond donors (Lipinski definition) is 1. The number of nitrogens with zero attached hydrogens (tertiary/aromatic N) is 2. The summed E-state index contributed by atoms with van der Waals surface area (Å²) in [6.45, 7) is 1.80. The minimum Gasteiger partial charge on any atom is -0.306 e. The summed E-state index contributed by atoms with van der Waals surface area (Å²) in [5.41, 5.74) is 1.15. The molecule has 0 bridgehead atoms. The third kappa shape index (κ3) is 2.82. The Kier molecular flexibility index (Phi) is 3.76. The summed E-state index contributed by atoms with van der Waals surface area (Å²) in [6.07, 6.45) is 7.44. The molecule has 1 saturated carbocycles. The quantitative estimate of drug-likeness (QED) is 0.894. The molecule has 2 aromatic heterocycles. The largest absolute Gasteiger partial charge is 0.306 e. The van der Waals surface area contributed by atoms with Crippen molar-refractivity contribution in [2.45, 2.75) is 44.8 Å². The first-order chi connectivity index (χ1) is 8.92. The lowest BCUT2D eigenvalue weighted by Crippen LogP contribution is -2.13. The van der Waals surface area contributed by atoms with E-state index in [9.17, 15) is 0 Å². The van der Waals surface area contributed by atoms with Crippen LogP contribution in [-0.4, -0.2) is 9.78 Å². The first kappa shape index (κ1) is 11.9. The molecule has 0 aliphatic heterocycles. The zero-order chi connectivity index (χ0) is 12.2. The van der Waals surface area contributed by atoms with Crippen LogP contribution in [0.2, 0.25) is 0 Å². The van der Waals surface area contributed by atoms with Crippen LogP contribution in [0.5, 0.6) is 0 Å². The van der Waals surface area contributed by atoms with Gasteiger partial charge in [-0.2, -0.15) is 5.10 Å². The predicted molar refractivity (Wildman–Crippen MR) is 74.6 cm³/mol. The van der Waals surface area contributed by atoms with Crippen LogP contribution in [0.15, 0.2) is 29.8 Å². The van der Waals surface area contributed by atoms with Crippen molar-refractivity contribution in [3.05, 3.63) is 40.3 Å². The standard InChI is InChI=1S/C14H19N3S/c1-2-5-13(4-1)17-8-7-12(16-17)10-15-11-14-6-3-9-18-14/h3,6-9,13,15H,1-2,4-5,10-11H2. The summed E-state index contributed by atoms with van der Waals surface area (Å²) >= 11 is 1.80. The summed E-state index contributed by atoms with van der Waals surface area (Å²) in [6, 6.07) is 7.04. The van der Waals surface area contributed by atoms with Gasteiger partial charge in [-0.25, -0.2) is 0 Å². The Labute approximate surface area is 112 Å². The van der Waals surface area contributed by atoms with Crippen molar-refractivity contribution >= 4 is 11.3 Å². The molecular formula is C14H19N3S. The van der Waals surface area contributed by atoms with Crippen LogP contribution >= 0.6 is 11.3 Å². The zero-order valence-electron chi connectivity index (χ0n) is 10.5. The summed E-state index contributed by atoms with van der Waals surface area (Å²) in [4.78, 5) is 1.38. The molecule has 1 aliphatic carbocycles. The van der Waals surface area contributed by atoms with E-state index in [4.69, 9.17) is 0 Å². The fourth-order valence-electron chi connectivity index (χ4n) is 2.57. The van der Waals surface area contributed by atoms with Crippen molar-refractivity contribution in [3.63, 3.8) is 0 Å². The molecule has 1 N–H and O–H groups in total. The van der Waals surface area contributed by atoms with Crippen LogP contribution in [0.4, 0.5) is 0 Å². The molecular weight excluding hydrogens is 242 g/mol. The van der Waals surface area contributed by atoms with Gasteiger partial charge in [0.25, 0.3) is 0 Å². The number of nitrogens with one attached hydrogen (secondary N) is 1. The van der Waals surface area contributed by atoms with E-state index in [1.165, 1.54) is 30.6 Å². The topological polar surface area (TPSA) is 29.9 Å². The molecule has 1 fully saturated rings. The summed E-state index contributed by atoms with van der Waals surface area (Å²) in [5.74, 6) is 0. The maximum Gasteiger partial charge on any atom is 0.0762 e. The highest BCUT2D eigenvalue weighted by Crippen LogP contribution is 2.28. The maximum atomic E-state index is 4.67. The second kappa shape index (κ2) is 5.67. The highest BCUT2D eigenvalue weighted by atomic mass is 32.1. The fraction of sp³-hybridized carbons (Fsp3) is 0.500. The Hall–Kier alpha value is -1.13. The van der Waals surface area contributed by atoms with Gasteiger partial charge in [0.15, 0.2) is 0 Å². The van der Waals surface area contributed by atoms with Crippen molar-refractivity contribution in [1.29, 1.82) is 0 Å². The van der Waals surface area contributed by atoms with Crippen LogP contribution in [0.3, 0.4) is 0 Å². The molecule has 0 unspecified atom stereocenters. The molecule has 1 aliphatic rings. The Balaban J connectivity index is 1.50. The van der Waals surface area contributed by atoms with Crippen molar-refractivity contribution < 1.29 is 0 Å². The van der Waals surface area contributed by atoms with E-state index in [-0.39, 0.29) is 0 Å². The molecule has 0 atom stereocenters. The van der Waals surface area contributed by atoms with Crippen LogP contribution in [0.1, 0.15) is 42.3 Å². The Morgan fingerprint density at radius 1 is 1.28 bits per heavy atom. The normalized spacial score (nSPS) is 16.4. The lowest BCUT2D eigenvalue weighted by atomic mass is 10.3. The molecule has 3 rings (SSSR count). The highest BCUT2D eigenvalue weighted by Gasteiger charge is 2.17. The van der Waals surface area contributed by atoms with Gasteiger partial charge in [0, 0.05) is 24.2 Å². The van der Waals surface area contributed by atoms with E-state index < -0.39 is 0 Å². The third-order valence-electron chi connectivity index (χ3n) is 3.55. The van der Waals surface area contributed by atoms with Gasteiger partial charge in [0.05, 0.1) is 11.7 Å². The Morgan fingerprint density at radius 3 is 2.94 bits per heavy atom. The molecule has 0 spiro atoms. The van der Waals surface area contributed by atoms with E-state index >= 15 is 0 Å². The van der Waals surface area contributed by atoms with Crippen molar-refractivity contribution in [1.82, 2.24) is 15.1 Å². The van der Waals surface area contributed by atoms with Gasteiger partial charge in [-0.1, -0.05) is 18.9 Å². The van der Waals surface area contributed by atoms with Gasteiger partial charge in [-0.3, -0.25) is 4.68 Å². The van der Waals surface area contributed by atoms with Crippen molar-refractivity contribution in [3.8, 4) is 0 Å². The third-order valence-corrected chi connectivity index (χ3v) is 4.42. The number of hydrogen-bond acceptors (Lipinski definition) is 3. The van der Waals surface area contributed by atoms with Crippen LogP contribution in [0, 0.1) is 0 Å². The Bertz CT molecular complexity index is 469. The van der Waals surface area contributed by atoms with Crippen LogP contribution in [0.25, 0.3) is 0 Å². The van der Waals surface area contributed by atoms with E-state index in [1.54, 1.807) is 11.3 Å². The van der Waals surface area contributed by atoms with E-state index in [1.807, 2.05) is 0 Å². The van der Waals surface area contributed by atoms with Gasteiger partial charge in [-0.05, 0) is 30.4 Å². The second-order valence-electron chi connectivity index (χ2n) is 4.91. The smallest absolute Gasteiger partial charge is 0.0762 e. The lowest BCUT2D eigenvalue weighted by molar-refractivity contribution is 0.461. The number of aromatic nitrogens is 2. The minimum atomic E-state index is 0.649. The average Bonchev–Trinajstić information content (AvgIpc) is 3.12. The predicted octanol–water partition coefficient (Wildman–Crippen LogP) is 3.35. The number of thiophene rings is 1. The molecule has 2 aromatic rings. The van der Waals surface area contributed by atoms with Gasteiger partial charge < -0.3 is 5.32 Å². The van der Waals surface area contributed by atoms with E-state index in [0.717, 1.165) is 18.8 Å². The summed E-state index contributed by atoms with van der Waals surface area (Å²) < 4.78 is 2.16. The monoisotopic (exact) mass is 261 g/mol. The molecule has 2 heterocycles. The van der Waals surface area contributed by atoms with E-state index in [0.29, 0.717) is 6.04 Å². The zero-order valence-corrected chi connectivity index (χ0v) is 11.3.